The van der Waals surface area contributed by atoms with Gasteiger partial charge in [0.15, 0.2) is 5.84 Å². The summed E-state index contributed by atoms with van der Waals surface area (Å²) in [5.41, 5.74) is 6.31. The second kappa shape index (κ2) is 6.01. The van der Waals surface area contributed by atoms with Gasteiger partial charge in [-0.3, -0.25) is 0 Å². The van der Waals surface area contributed by atoms with Crippen molar-refractivity contribution in [3.63, 3.8) is 0 Å². The Balaban J connectivity index is 2.02. The van der Waals surface area contributed by atoms with E-state index in [0.29, 0.717) is 23.5 Å². The van der Waals surface area contributed by atoms with Crippen LogP contribution in [-0.2, 0) is 18.0 Å². The van der Waals surface area contributed by atoms with Crippen LogP contribution in [0.3, 0.4) is 0 Å². The van der Waals surface area contributed by atoms with Crippen LogP contribution in [0, 0.1) is 5.82 Å². The number of furan rings is 1. The molecule has 19 heavy (non-hydrogen) atoms. The van der Waals surface area contributed by atoms with Crippen molar-refractivity contribution in [2.75, 3.05) is 0 Å². The van der Waals surface area contributed by atoms with Crippen molar-refractivity contribution in [1.29, 1.82) is 0 Å². The topological polar surface area (TPSA) is 81.0 Å². The van der Waals surface area contributed by atoms with E-state index < -0.39 is 5.82 Å². The number of benzene rings is 1. The molecule has 0 saturated carbocycles. The molecule has 6 heteroatoms. The lowest BCUT2D eigenvalue weighted by Crippen LogP contribution is -2.13. The fourth-order valence-corrected chi connectivity index (χ4v) is 1.60. The number of hydrogen-bond acceptors (Lipinski definition) is 4. The number of ether oxygens (including phenoxy) is 1. The van der Waals surface area contributed by atoms with Crippen molar-refractivity contribution in [2.45, 2.75) is 13.2 Å². The van der Waals surface area contributed by atoms with Gasteiger partial charge in [-0.2, -0.15) is 0 Å². The molecule has 1 aromatic heterocycles. The summed E-state index contributed by atoms with van der Waals surface area (Å²) in [6, 6.07) is 7.66. The number of hydrogen-bond donors (Lipinski definition) is 2. The van der Waals surface area contributed by atoms with E-state index in [4.69, 9.17) is 20.1 Å². The highest BCUT2D eigenvalue weighted by Crippen LogP contribution is 2.12. The van der Waals surface area contributed by atoms with E-state index in [2.05, 4.69) is 5.16 Å². The van der Waals surface area contributed by atoms with Crippen LogP contribution in [0.4, 0.5) is 4.39 Å². The van der Waals surface area contributed by atoms with Gasteiger partial charge in [-0.05, 0) is 35.9 Å². The van der Waals surface area contributed by atoms with Crippen LogP contribution in [0.15, 0.2) is 46.2 Å². The SMILES string of the molecule is N/C(=N/O)c1cc(F)cc(COCc2ccco2)c1. The lowest BCUT2D eigenvalue weighted by molar-refractivity contribution is 0.0927. The van der Waals surface area contributed by atoms with Crippen molar-refractivity contribution in [2.24, 2.45) is 10.9 Å². The fourth-order valence-electron chi connectivity index (χ4n) is 1.60. The van der Waals surface area contributed by atoms with Gasteiger partial charge in [-0.15, -0.1) is 0 Å². The number of nitrogens with two attached hydrogens (primary N) is 1. The zero-order valence-electron chi connectivity index (χ0n) is 10.0. The Morgan fingerprint density at radius 3 is 2.89 bits per heavy atom. The summed E-state index contributed by atoms with van der Waals surface area (Å²) in [4.78, 5) is 0. The van der Waals surface area contributed by atoms with Gasteiger partial charge in [-0.1, -0.05) is 5.16 Å². The highest BCUT2D eigenvalue weighted by Gasteiger charge is 2.05. The first-order valence-corrected chi connectivity index (χ1v) is 5.56. The first-order chi connectivity index (χ1) is 9.19. The fraction of sp³-hybridized carbons (Fsp3) is 0.154. The average Bonchev–Trinajstić information content (AvgIpc) is 2.90. The molecule has 1 aromatic carbocycles. The van der Waals surface area contributed by atoms with Gasteiger partial charge in [0.1, 0.15) is 18.2 Å². The third-order valence-electron chi connectivity index (χ3n) is 2.45. The molecule has 3 N–H and O–H groups in total. The van der Waals surface area contributed by atoms with Crippen LogP contribution in [0.5, 0.6) is 0 Å². The molecule has 2 aromatic rings. The Bertz CT molecular complexity index is 567. The number of nitrogens with zero attached hydrogens (tertiary/aromatic N) is 1. The van der Waals surface area contributed by atoms with Gasteiger partial charge in [0.25, 0.3) is 0 Å². The largest absolute Gasteiger partial charge is 0.467 e. The summed E-state index contributed by atoms with van der Waals surface area (Å²) in [6.45, 7) is 0.493. The highest BCUT2D eigenvalue weighted by molar-refractivity contribution is 5.97. The van der Waals surface area contributed by atoms with Crippen molar-refractivity contribution in [1.82, 2.24) is 0 Å². The maximum Gasteiger partial charge on any atom is 0.170 e. The van der Waals surface area contributed by atoms with Crippen molar-refractivity contribution in [3.8, 4) is 0 Å². The molecule has 0 aliphatic heterocycles. The van der Waals surface area contributed by atoms with Gasteiger partial charge in [0.2, 0.25) is 0 Å². The number of oxime groups is 1. The van der Waals surface area contributed by atoms with Crippen LogP contribution in [0.25, 0.3) is 0 Å². The van der Waals surface area contributed by atoms with Crippen LogP contribution < -0.4 is 5.73 Å². The van der Waals surface area contributed by atoms with E-state index in [1.807, 2.05) is 0 Å². The van der Waals surface area contributed by atoms with Crippen LogP contribution in [-0.4, -0.2) is 11.0 Å². The van der Waals surface area contributed by atoms with E-state index in [1.165, 1.54) is 12.1 Å². The average molecular weight is 264 g/mol. The molecule has 0 atom stereocenters. The molecule has 0 fully saturated rings. The molecule has 2 rings (SSSR count). The molecule has 0 aliphatic rings. The van der Waals surface area contributed by atoms with E-state index in [1.54, 1.807) is 24.5 Å². The highest BCUT2D eigenvalue weighted by atomic mass is 19.1. The van der Waals surface area contributed by atoms with E-state index in [0.717, 1.165) is 0 Å². The molecular formula is C13H13FN2O3. The Morgan fingerprint density at radius 2 is 2.21 bits per heavy atom. The predicted molar refractivity (Wildman–Crippen MR) is 66.1 cm³/mol. The summed E-state index contributed by atoms with van der Waals surface area (Å²) in [5.74, 6) is 0.0699. The van der Waals surface area contributed by atoms with Crippen molar-refractivity contribution < 1.29 is 18.8 Å². The first kappa shape index (κ1) is 13.1. The normalized spacial score (nSPS) is 11.7. The van der Waals surface area contributed by atoms with Gasteiger partial charge in [0.05, 0.1) is 12.9 Å². The molecule has 0 bridgehead atoms. The van der Waals surface area contributed by atoms with Gasteiger partial charge in [0, 0.05) is 5.56 Å². The van der Waals surface area contributed by atoms with E-state index in [-0.39, 0.29) is 12.4 Å². The number of amidine groups is 1. The molecule has 0 saturated heterocycles. The van der Waals surface area contributed by atoms with E-state index >= 15 is 0 Å². The lowest BCUT2D eigenvalue weighted by Gasteiger charge is -2.06. The number of halogens is 1. The molecule has 0 unspecified atom stereocenters. The third-order valence-corrected chi connectivity index (χ3v) is 2.45. The second-order valence-corrected chi connectivity index (χ2v) is 3.91. The monoisotopic (exact) mass is 264 g/mol. The van der Waals surface area contributed by atoms with Crippen molar-refractivity contribution >= 4 is 5.84 Å². The zero-order chi connectivity index (χ0) is 13.7. The molecule has 0 amide bonds. The second-order valence-electron chi connectivity index (χ2n) is 3.91. The summed E-state index contributed by atoms with van der Waals surface area (Å²) >= 11 is 0. The summed E-state index contributed by atoms with van der Waals surface area (Å²) in [5, 5.41) is 11.4. The van der Waals surface area contributed by atoms with Gasteiger partial charge < -0.3 is 20.1 Å². The van der Waals surface area contributed by atoms with Crippen LogP contribution in [0.2, 0.25) is 0 Å². The Labute approximate surface area is 109 Å². The van der Waals surface area contributed by atoms with Crippen LogP contribution in [0.1, 0.15) is 16.9 Å². The number of rotatable bonds is 5. The smallest absolute Gasteiger partial charge is 0.170 e. The lowest BCUT2D eigenvalue weighted by atomic mass is 10.1. The Morgan fingerprint density at radius 1 is 1.37 bits per heavy atom. The maximum atomic E-state index is 13.4. The van der Waals surface area contributed by atoms with Crippen LogP contribution >= 0.6 is 0 Å². The maximum absolute atomic E-state index is 13.4. The zero-order valence-corrected chi connectivity index (χ0v) is 10.0. The molecule has 100 valence electrons. The quantitative estimate of drug-likeness (QED) is 0.375. The molecule has 0 spiro atoms. The molecule has 0 aliphatic carbocycles. The van der Waals surface area contributed by atoms with E-state index in [9.17, 15) is 4.39 Å². The van der Waals surface area contributed by atoms with Crippen molar-refractivity contribution in [3.05, 3.63) is 59.3 Å². The third kappa shape index (κ3) is 3.56. The minimum atomic E-state index is -0.472. The first-order valence-electron chi connectivity index (χ1n) is 5.56. The Hall–Kier alpha value is -2.34. The van der Waals surface area contributed by atoms with Gasteiger partial charge >= 0.3 is 0 Å². The molecular weight excluding hydrogens is 251 g/mol. The standard InChI is InChI=1S/C13H13FN2O3/c14-11-5-9(4-10(6-11)13(15)16-17)7-18-8-12-2-1-3-19-12/h1-6,17H,7-8H2,(H2,15,16). The summed E-state index contributed by atoms with van der Waals surface area (Å²) in [6.07, 6.45) is 1.55. The molecule has 1 heterocycles. The Kier molecular flexibility index (Phi) is 4.15. The predicted octanol–water partition coefficient (Wildman–Crippen LogP) is 2.23. The van der Waals surface area contributed by atoms with Gasteiger partial charge in [-0.25, -0.2) is 4.39 Å². The summed E-state index contributed by atoms with van der Waals surface area (Å²) in [7, 11) is 0. The minimum Gasteiger partial charge on any atom is -0.467 e. The summed E-state index contributed by atoms with van der Waals surface area (Å²) < 4.78 is 23.8. The molecule has 5 nitrogen and oxygen atoms in total. The molecule has 0 radical (unpaired) electrons. The minimum absolute atomic E-state index is 0.146.